The standard InChI is InChI=1S/C13H11ClIN3O4S/c14-10-5-7(15)1-4-11(10)17-12-6-8(23(16,21)22)2-3-9(12)13(19)18-20/h1-6,17,20H,(H,18,19)(H2,16,21,22). The Hall–Kier alpha value is -1.40. The highest BCUT2D eigenvalue weighted by Gasteiger charge is 2.16. The Labute approximate surface area is 151 Å². The maximum Gasteiger partial charge on any atom is 0.276 e. The fraction of sp³-hybridized carbons (Fsp3) is 0. The molecular weight excluding hydrogens is 457 g/mol. The third-order valence-corrected chi connectivity index (χ3v) is 4.76. The molecule has 0 radical (unpaired) electrons. The van der Waals surface area contributed by atoms with Crippen molar-refractivity contribution in [2.75, 3.05) is 5.32 Å². The summed E-state index contributed by atoms with van der Waals surface area (Å²) in [6, 6.07) is 8.74. The largest absolute Gasteiger partial charge is 0.354 e. The molecule has 1 amide bonds. The van der Waals surface area contributed by atoms with Crippen LogP contribution in [-0.4, -0.2) is 19.5 Å². The molecule has 7 nitrogen and oxygen atoms in total. The van der Waals surface area contributed by atoms with Gasteiger partial charge in [0.05, 0.1) is 26.9 Å². The summed E-state index contributed by atoms with van der Waals surface area (Å²) in [7, 11) is -3.95. The van der Waals surface area contributed by atoms with Crippen molar-refractivity contribution in [2.45, 2.75) is 4.90 Å². The zero-order valence-corrected chi connectivity index (χ0v) is 15.1. The maximum absolute atomic E-state index is 11.7. The van der Waals surface area contributed by atoms with E-state index in [1.807, 2.05) is 0 Å². The molecule has 0 aromatic heterocycles. The third-order valence-electron chi connectivity index (χ3n) is 2.87. The first-order valence-corrected chi connectivity index (χ1v) is 9.06. The number of benzene rings is 2. The predicted molar refractivity (Wildman–Crippen MR) is 94.5 cm³/mol. The molecule has 0 saturated carbocycles. The van der Waals surface area contributed by atoms with Crippen molar-refractivity contribution in [1.82, 2.24) is 5.48 Å². The van der Waals surface area contributed by atoms with E-state index in [4.69, 9.17) is 21.9 Å². The van der Waals surface area contributed by atoms with E-state index in [9.17, 15) is 13.2 Å². The summed E-state index contributed by atoms with van der Waals surface area (Å²) >= 11 is 8.20. The maximum atomic E-state index is 11.7. The molecule has 0 aliphatic carbocycles. The number of carbonyl (C=O) groups excluding carboxylic acids is 1. The second kappa shape index (κ2) is 7.01. The molecule has 0 heterocycles. The number of nitrogens with two attached hydrogens (primary N) is 1. The third kappa shape index (κ3) is 4.32. The Morgan fingerprint density at radius 2 is 1.87 bits per heavy atom. The quantitative estimate of drug-likeness (QED) is 0.313. The number of sulfonamides is 1. The number of anilines is 2. The molecule has 2 aromatic rings. The lowest BCUT2D eigenvalue weighted by atomic mass is 10.1. The summed E-state index contributed by atoms with van der Waals surface area (Å²) in [5, 5.41) is 17.1. The second-order valence-electron chi connectivity index (χ2n) is 4.44. The van der Waals surface area contributed by atoms with E-state index in [2.05, 4.69) is 27.9 Å². The lowest BCUT2D eigenvalue weighted by Gasteiger charge is -2.13. The molecule has 0 unspecified atom stereocenters. The van der Waals surface area contributed by atoms with Crippen molar-refractivity contribution < 1.29 is 18.4 Å². The van der Waals surface area contributed by atoms with Gasteiger partial charge in [-0.3, -0.25) is 10.0 Å². The lowest BCUT2D eigenvalue weighted by Crippen LogP contribution is -2.20. The van der Waals surface area contributed by atoms with Gasteiger partial charge in [-0.2, -0.15) is 0 Å². The Morgan fingerprint density at radius 3 is 2.43 bits per heavy atom. The SMILES string of the molecule is NS(=O)(=O)c1ccc(C(=O)NO)c(Nc2ccc(I)cc2Cl)c1. The van der Waals surface area contributed by atoms with Crippen LogP contribution in [0.15, 0.2) is 41.3 Å². The monoisotopic (exact) mass is 467 g/mol. The Bertz CT molecular complexity index is 874. The van der Waals surface area contributed by atoms with E-state index in [0.29, 0.717) is 10.7 Å². The van der Waals surface area contributed by atoms with E-state index in [1.54, 1.807) is 18.2 Å². The average molecular weight is 468 g/mol. The van der Waals surface area contributed by atoms with Gasteiger partial charge in [-0.15, -0.1) is 0 Å². The Kier molecular flexibility index (Phi) is 5.47. The van der Waals surface area contributed by atoms with Gasteiger partial charge < -0.3 is 5.32 Å². The molecule has 2 rings (SSSR count). The smallest absolute Gasteiger partial charge is 0.276 e. The molecule has 0 atom stereocenters. The summed E-state index contributed by atoms with van der Waals surface area (Å²) in [6.07, 6.45) is 0. The number of nitrogens with one attached hydrogen (secondary N) is 2. The van der Waals surface area contributed by atoms with Crippen LogP contribution in [0.3, 0.4) is 0 Å². The van der Waals surface area contributed by atoms with Gasteiger partial charge in [0.15, 0.2) is 0 Å². The predicted octanol–water partition coefficient (Wildman–Crippen LogP) is 2.45. The molecule has 0 spiro atoms. The number of amides is 1. The van der Waals surface area contributed by atoms with Gasteiger partial charge in [0.25, 0.3) is 5.91 Å². The van der Waals surface area contributed by atoms with Gasteiger partial charge >= 0.3 is 0 Å². The highest BCUT2D eigenvalue weighted by atomic mass is 127. The highest BCUT2D eigenvalue weighted by molar-refractivity contribution is 14.1. The first-order chi connectivity index (χ1) is 10.7. The minimum absolute atomic E-state index is 0.0227. The fourth-order valence-corrected chi connectivity index (χ4v) is 3.24. The van der Waals surface area contributed by atoms with Gasteiger partial charge in [-0.1, -0.05) is 11.6 Å². The van der Waals surface area contributed by atoms with Crippen LogP contribution < -0.4 is 15.9 Å². The number of primary sulfonamides is 1. The van der Waals surface area contributed by atoms with Crippen molar-refractivity contribution in [3.05, 3.63) is 50.6 Å². The van der Waals surface area contributed by atoms with E-state index in [-0.39, 0.29) is 16.1 Å². The number of rotatable bonds is 4. The Balaban J connectivity index is 2.55. The van der Waals surface area contributed by atoms with Crippen LogP contribution in [0.4, 0.5) is 11.4 Å². The molecule has 122 valence electrons. The van der Waals surface area contributed by atoms with Gasteiger partial charge in [0.1, 0.15) is 0 Å². The molecule has 23 heavy (non-hydrogen) atoms. The van der Waals surface area contributed by atoms with Crippen LogP contribution in [0, 0.1) is 3.57 Å². The highest BCUT2D eigenvalue weighted by Crippen LogP contribution is 2.30. The molecule has 5 N–H and O–H groups in total. The molecular formula is C13H11ClIN3O4S. The van der Waals surface area contributed by atoms with Gasteiger partial charge in [-0.05, 0) is 59.0 Å². The first-order valence-electron chi connectivity index (χ1n) is 6.05. The van der Waals surface area contributed by atoms with E-state index < -0.39 is 15.9 Å². The first kappa shape index (κ1) is 17.9. The van der Waals surface area contributed by atoms with E-state index in [0.717, 1.165) is 3.57 Å². The molecule has 0 bridgehead atoms. The zero-order valence-electron chi connectivity index (χ0n) is 11.4. The minimum atomic E-state index is -3.95. The normalized spacial score (nSPS) is 11.1. The van der Waals surface area contributed by atoms with Crippen molar-refractivity contribution >= 4 is 61.5 Å². The van der Waals surface area contributed by atoms with Crippen LogP contribution in [-0.2, 0) is 10.0 Å². The number of hydrogen-bond acceptors (Lipinski definition) is 5. The van der Waals surface area contributed by atoms with Crippen LogP contribution in [0.25, 0.3) is 0 Å². The summed E-state index contributed by atoms with van der Waals surface area (Å²) in [4.78, 5) is 11.5. The van der Waals surface area contributed by atoms with Gasteiger partial charge in [-0.25, -0.2) is 19.0 Å². The van der Waals surface area contributed by atoms with Crippen molar-refractivity contribution in [3.8, 4) is 0 Å². The molecule has 2 aromatic carbocycles. The fourth-order valence-electron chi connectivity index (χ4n) is 1.80. The van der Waals surface area contributed by atoms with Crippen molar-refractivity contribution in [3.63, 3.8) is 0 Å². The molecule has 0 saturated heterocycles. The van der Waals surface area contributed by atoms with E-state index in [1.165, 1.54) is 23.7 Å². The van der Waals surface area contributed by atoms with Gasteiger partial charge in [0.2, 0.25) is 10.0 Å². The van der Waals surface area contributed by atoms with E-state index >= 15 is 0 Å². The molecule has 10 heteroatoms. The van der Waals surface area contributed by atoms with Crippen LogP contribution >= 0.6 is 34.2 Å². The zero-order chi connectivity index (χ0) is 17.2. The van der Waals surface area contributed by atoms with Crippen molar-refractivity contribution in [1.29, 1.82) is 0 Å². The molecule has 0 aliphatic rings. The van der Waals surface area contributed by atoms with Gasteiger partial charge in [0, 0.05) is 3.57 Å². The second-order valence-corrected chi connectivity index (χ2v) is 7.66. The summed E-state index contributed by atoms with van der Waals surface area (Å²) < 4.78 is 23.9. The summed E-state index contributed by atoms with van der Waals surface area (Å²) in [5.41, 5.74) is 2.11. The molecule has 0 fully saturated rings. The average Bonchev–Trinajstić information content (AvgIpc) is 2.48. The van der Waals surface area contributed by atoms with Crippen LogP contribution in [0.5, 0.6) is 0 Å². The lowest BCUT2D eigenvalue weighted by molar-refractivity contribution is 0.0707. The number of halogens is 2. The minimum Gasteiger partial charge on any atom is -0.354 e. The molecule has 0 aliphatic heterocycles. The van der Waals surface area contributed by atoms with Crippen LogP contribution in [0.1, 0.15) is 10.4 Å². The summed E-state index contributed by atoms with van der Waals surface area (Å²) in [6.45, 7) is 0. The van der Waals surface area contributed by atoms with Crippen molar-refractivity contribution in [2.24, 2.45) is 5.14 Å². The summed E-state index contributed by atoms with van der Waals surface area (Å²) in [5.74, 6) is -0.810. The number of carbonyl (C=O) groups is 1. The number of hydroxylamine groups is 1. The van der Waals surface area contributed by atoms with Crippen LogP contribution in [0.2, 0.25) is 5.02 Å². The Morgan fingerprint density at radius 1 is 1.17 bits per heavy atom. The number of hydrogen-bond donors (Lipinski definition) is 4. The topological polar surface area (TPSA) is 122 Å².